The zero-order valence-electron chi connectivity index (χ0n) is 13.3. The molecule has 1 aromatic rings. The Labute approximate surface area is 146 Å². The number of rotatable bonds is 4. The van der Waals surface area contributed by atoms with Gasteiger partial charge in [0.15, 0.2) is 0 Å². The standard InChI is InChI=1S/C15H21ClFN3O3S/c16-14-2-1-3-15(17)13(14)12-18-4-6-19(7-5-18)24(21,22)20-8-10-23-11-9-20/h1-3H,4-12H2. The van der Waals surface area contributed by atoms with Crippen molar-refractivity contribution in [3.8, 4) is 0 Å². The van der Waals surface area contributed by atoms with E-state index in [9.17, 15) is 12.8 Å². The second kappa shape index (κ2) is 7.63. The van der Waals surface area contributed by atoms with Gasteiger partial charge in [-0.2, -0.15) is 17.0 Å². The molecule has 0 aliphatic carbocycles. The molecule has 0 atom stereocenters. The number of piperazine rings is 1. The van der Waals surface area contributed by atoms with Crippen molar-refractivity contribution >= 4 is 21.8 Å². The maximum Gasteiger partial charge on any atom is 0.282 e. The van der Waals surface area contributed by atoms with Crippen molar-refractivity contribution in [3.63, 3.8) is 0 Å². The van der Waals surface area contributed by atoms with Gasteiger partial charge in [0.1, 0.15) is 5.82 Å². The molecule has 9 heteroatoms. The van der Waals surface area contributed by atoms with Crippen molar-refractivity contribution < 1.29 is 17.5 Å². The number of hydrogen-bond donors (Lipinski definition) is 0. The second-order valence-electron chi connectivity index (χ2n) is 5.89. The van der Waals surface area contributed by atoms with E-state index in [4.69, 9.17) is 16.3 Å². The number of ether oxygens (including phenoxy) is 1. The number of halogens is 2. The van der Waals surface area contributed by atoms with Gasteiger partial charge in [-0.15, -0.1) is 0 Å². The molecule has 134 valence electrons. The lowest BCUT2D eigenvalue weighted by atomic mass is 10.2. The summed E-state index contributed by atoms with van der Waals surface area (Å²) in [4.78, 5) is 2.02. The minimum atomic E-state index is -3.44. The zero-order chi connectivity index (χ0) is 17.2. The van der Waals surface area contributed by atoms with E-state index in [1.165, 1.54) is 14.7 Å². The van der Waals surface area contributed by atoms with E-state index in [0.717, 1.165) is 0 Å². The molecule has 0 amide bonds. The highest BCUT2D eigenvalue weighted by molar-refractivity contribution is 7.86. The average molecular weight is 378 g/mol. The van der Waals surface area contributed by atoms with Crippen LogP contribution in [0.1, 0.15) is 5.56 Å². The Balaban J connectivity index is 1.59. The molecule has 0 bridgehead atoms. The topological polar surface area (TPSA) is 53.1 Å². The van der Waals surface area contributed by atoms with E-state index >= 15 is 0 Å². The maximum absolute atomic E-state index is 13.9. The summed E-state index contributed by atoms with van der Waals surface area (Å²) in [5.74, 6) is -0.328. The molecule has 0 aromatic heterocycles. The average Bonchev–Trinajstić information content (AvgIpc) is 2.59. The molecule has 2 heterocycles. The molecule has 0 saturated carbocycles. The first-order valence-electron chi connectivity index (χ1n) is 7.96. The summed E-state index contributed by atoms with van der Waals surface area (Å²) in [6.45, 7) is 3.94. The van der Waals surface area contributed by atoms with Gasteiger partial charge in [0, 0.05) is 56.4 Å². The molecular formula is C15H21ClFN3O3S. The van der Waals surface area contributed by atoms with Crippen molar-refractivity contribution in [2.45, 2.75) is 6.54 Å². The van der Waals surface area contributed by atoms with E-state index in [1.54, 1.807) is 12.1 Å². The largest absolute Gasteiger partial charge is 0.379 e. The molecule has 2 saturated heterocycles. The quantitative estimate of drug-likeness (QED) is 0.790. The van der Waals surface area contributed by atoms with Crippen molar-refractivity contribution in [2.75, 3.05) is 52.5 Å². The van der Waals surface area contributed by atoms with Gasteiger partial charge in [0.05, 0.1) is 13.2 Å². The van der Waals surface area contributed by atoms with Crippen LogP contribution in [0.4, 0.5) is 4.39 Å². The molecule has 6 nitrogen and oxygen atoms in total. The van der Waals surface area contributed by atoms with E-state index in [-0.39, 0.29) is 5.82 Å². The number of benzene rings is 1. The van der Waals surface area contributed by atoms with Gasteiger partial charge < -0.3 is 4.74 Å². The van der Waals surface area contributed by atoms with Crippen LogP contribution in [0, 0.1) is 5.82 Å². The predicted octanol–water partition coefficient (Wildman–Crippen LogP) is 1.17. The molecule has 1 aromatic carbocycles. The summed E-state index contributed by atoms with van der Waals surface area (Å²) < 4.78 is 47.3. The summed E-state index contributed by atoms with van der Waals surface area (Å²) in [6.07, 6.45) is 0. The SMILES string of the molecule is O=S(=O)(N1CCOCC1)N1CCN(Cc2c(F)cccc2Cl)CC1. The van der Waals surface area contributed by atoms with Gasteiger partial charge in [0.25, 0.3) is 10.2 Å². The normalized spacial score (nSPS) is 21.9. The van der Waals surface area contributed by atoms with Crippen molar-refractivity contribution in [1.29, 1.82) is 0 Å². The van der Waals surface area contributed by atoms with Gasteiger partial charge in [0.2, 0.25) is 0 Å². The van der Waals surface area contributed by atoms with Crippen LogP contribution in [0.3, 0.4) is 0 Å². The first-order chi connectivity index (χ1) is 11.5. The Hall–Kier alpha value is -0.770. The molecule has 0 unspecified atom stereocenters. The van der Waals surface area contributed by atoms with E-state index in [0.29, 0.717) is 69.6 Å². The second-order valence-corrected chi connectivity index (χ2v) is 8.23. The van der Waals surface area contributed by atoms with Crippen LogP contribution in [0.15, 0.2) is 18.2 Å². The number of nitrogens with zero attached hydrogens (tertiary/aromatic N) is 3. The summed E-state index contributed by atoms with van der Waals surface area (Å²) in [5, 5.41) is 0.401. The maximum atomic E-state index is 13.9. The van der Waals surface area contributed by atoms with Crippen molar-refractivity contribution in [1.82, 2.24) is 13.5 Å². The monoisotopic (exact) mass is 377 g/mol. The third-order valence-electron chi connectivity index (χ3n) is 4.40. The highest BCUT2D eigenvalue weighted by Crippen LogP contribution is 2.22. The molecule has 0 radical (unpaired) electrons. The van der Waals surface area contributed by atoms with Crippen LogP contribution in [0.2, 0.25) is 5.02 Å². The van der Waals surface area contributed by atoms with E-state index in [2.05, 4.69) is 0 Å². The van der Waals surface area contributed by atoms with Gasteiger partial charge in [-0.05, 0) is 12.1 Å². The lowest BCUT2D eigenvalue weighted by Crippen LogP contribution is -2.54. The Morgan fingerprint density at radius 3 is 2.29 bits per heavy atom. The Bertz CT molecular complexity index is 654. The van der Waals surface area contributed by atoms with Crippen LogP contribution in [-0.4, -0.2) is 74.4 Å². The molecule has 0 spiro atoms. The van der Waals surface area contributed by atoms with Gasteiger partial charge in [-0.25, -0.2) is 4.39 Å². The number of morpholine rings is 1. The lowest BCUT2D eigenvalue weighted by Gasteiger charge is -2.37. The number of hydrogen-bond acceptors (Lipinski definition) is 4. The molecular weight excluding hydrogens is 357 g/mol. The molecule has 2 fully saturated rings. The van der Waals surface area contributed by atoms with Gasteiger partial charge >= 0.3 is 0 Å². The van der Waals surface area contributed by atoms with Crippen LogP contribution >= 0.6 is 11.6 Å². The highest BCUT2D eigenvalue weighted by Gasteiger charge is 2.33. The summed E-state index contributed by atoms with van der Waals surface area (Å²) in [7, 11) is -3.44. The predicted molar refractivity (Wildman–Crippen MR) is 89.6 cm³/mol. The Kier molecular flexibility index (Phi) is 5.74. The highest BCUT2D eigenvalue weighted by atomic mass is 35.5. The van der Waals surface area contributed by atoms with Crippen LogP contribution in [-0.2, 0) is 21.5 Å². The minimum absolute atomic E-state index is 0.328. The minimum Gasteiger partial charge on any atom is -0.379 e. The summed E-state index contributed by atoms with van der Waals surface area (Å²) >= 11 is 6.06. The molecule has 2 aliphatic heterocycles. The molecule has 24 heavy (non-hydrogen) atoms. The third-order valence-corrected chi connectivity index (χ3v) is 6.79. The fraction of sp³-hybridized carbons (Fsp3) is 0.600. The van der Waals surface area contributed by atoms with Gasteiger partial charge in [-0.3, -0.25) is 4.90 Å². The fourth-order valence-electron chi connectivity index (χ4n) is 2.97. The van der Waals surface area contributed by atoms with Crippen LogP contribution in [0.5, 0.6) is 0 Å². The lowest BCUT2D eigenvalue weighted by molar-refractivity contribution is 0.0683. The van der Waals surface area contributed by atoms with Crippen molar-refractivity contribution in [2.24, 2.45) is 0 Å². The van der Waals surface area contributed by atoms with Crippen LogP contribution < -0.4 is 0 Å². The zero-order valence-corrected chi connectivity index (χ0v) is 14.9. The smallest absolute Gasteiger partial charge is 0.282 e. The third kappa shape index (κ3) is 3.89. The van der Waals surface area contributed by atoms with Crippen molar-refractivity contribution in [3.05, 3.63) is 34.6 Å². The van der Waals surface area contributed by atoms with E-state index < -0.39 is 10.2 Å². The van der Waals surface area contributed by atoms with Gasteiger partial charge in [-0.1, -0.05) is 17.7 Å². The Morgan fingerprint density at radius 1 is 1.04 bits per heavy atom. The summed E-state index contributed by atoms with van der Waals surface area (Å²) in [6, 6.07) is 4.63. The molecule has 2 aliphatic rings. The first kappa shape index (κ1) is 18.0. The summed E-state index contributed by atoms with van der Waals surface area (Å²) in [5.41, 5.74) is 0.462. The fourth-order valence-corrected chi connectivity index (χ4v) is 4.75. The van der Waals surface area contributed by atoms with Crippen LogP contribution in [0.25, 0.3) is 0 Å². The molecule has 0 N–H and O–H groups in total. The van der Waals surface area contributed by atoms with E-state index in [1.807, 2.05) is 4.90 Å². The molecule has 3 rings (SSSR count). The first-order valence-corrected chi connectivity index (χ1v) is 9.74. The Morgan fingerprint density at radius 2 is 1.67 bits per heavy atom.